The van der Waals surface area contributed by atoms with Crippen molar-refractivity contribution >= 4 is 39.7 Å². The molecule has 0 radical (unpaired) electrons. The van der Waals surface area contributed by atoms with E-state index in [-0.39, 0.29) is 23.0 Å². The Morgan fingerprint density at radius 1 is 1.12 bits per heavy atom. The molecule has 3 N–H and O–H groups in total. The van der Waals surface area contributed by atoms with Crippen molar-refractivity contribution in [1.29, 1.82) is 0 Å². The van der Waals surface area contributed by atoms with Crippen LogP contribution in [0.15, 0.2) is 59.0 Å². The number of hydroxylamine groups is 1. The summed E-state index contributed by atoms with van der Waals surface area (Å²) in [6.45, 7) is 6.43. The molecule has 2 heterocycles. The van der Waals surface area contributed by atoms with Crippen LogP contribution in [0.4, 0.5) is 0 Å². The zero-order valence-electron chi connectivity index (χ0n) is 23.0. The highest BCUT2D eigenvalue weighted by molar-refractivity contribution is 7.80. The predicted molar refractivity (Wildman–Crippen MR) is 159 cm³/mol. The minimum absolute atomic E-state index is 0.164. The summed E-state index contributed by atoms with van der Waals surface area (Å²) in [6, 6.07) is 15.6. The molecule has 1 saturated heterocycles. The van der Waals surface area contributed by atoms with Gasteiger partial charge in [-0.15, -0.1) is 0 Å². The first-order valence-electron chi connectivity index (χ1n) is 14.0. The molecule has 1 saturated carbocycles. The van der Waals surface area contributed by atoms with Crippen LogP contribution < -0.4 is 20.3 Å². The predicted octanol–water partition coefficient (Wildman–Crippen LogP) is 5.47. The number of benzene rings is 2. The molecule has 2 aliphatic rings. The first kappa shape index (κ1) is 28.1. The molecule has 2 aromatic carbocycles. The van der Waals surface area contributed by atoms with Gasteiger partial charge in [0.05, 0.1) is 6.04 Å². The van der Waals surface area contributed by atoms with E-state index in [1.807, 2.05) is 43.6 Å². The van der Waals surface area contributed by atoms with Crippen LogP contribution in [0.5, 0.6) is 11.5 Å². The summed E-state index contributed by atoms with van der Waals surface area (Å²) in [6.07, 6.45) is 7.35. The molecule has 212 valence electrons. The van der Waals surface area contributed by atoms with Gasteiger partial charge in [0, 0.05) is 36.2 Å². The van der Waals surface area contributed by atoms with Crippen molar-refractivity contribution in [3.63, 3.8) is 0 Å². The van der Waals surface area contributed by atoms with Crippen molar-refractivity contribution < 1.29 is 23.9 Å². The smallest absolute Gasteiger partial charge is 0.244 e. The van der Waals surface area contributed by atoms with E-state index in [1.54, 1.807) is 30.3 Å². The van der Waals surface area contributed by atoms with Crippen LogP contribution in [0.2, 0.25) is 0 Å². The van der Waals surface area contributed by atoms with Crippen molar-refractivity contribution in [3.8, 4) is 11.5 Å². The van der Waals surface area contributed by atoms with Gasteiger partial charge in [-0.1, -0.05) is 19.1 Å². The van der Waals surface area contributed by atoms with E-state index >= 15 is 0 Å². The molecule has 0 unspecified atom stereocenters. The van der Waals surface area contributed by atoms with Crippen LogP contribution in [0.25, 0.3) is 16.5 Å². The molecule has 9 heteroatoms. The molecular formula is C31H37N3O5S. The molecule has 3 aromatic rings. The maximum atomic E-state index is 12.8. The first-order chi connectivity index (χ1) is 19.4. The number of hydrogen-bond acceptors (Lipinski definition) is 7. The summed E-state index contributed by atoms with van der Waals surface area (Å²) >= 11 is 5.00. The Kier molecular flexibility index (Phi) is 9.04. The largest absolute Gasteiger partial charge is 0.491 e. The average molecular weight is 564 g/mol. The van der Waals surface area contributed by atoms with Crippen molar-refractivity contribution in [2.45, 2.75) is 64.1 Å². The lowest BCUT2D eigenvalue weighted by Crippen LogP contribution is -2.39. The van der Waals surface area contributed by atoms with Gasteiger partial charge in [0.1, 0.15) is 40.5 Å². The zero-order valence-corrected chi connectivity index (χ0v) is 23.8. The van der Waals surface area contributed by atoms with Gasteiger partial charge in [0.25, 0.3) is 0 Å². The fourth-order valence-corrected chi connectivity index (χ4v) is 5.15. The summed E-state index contributed by atoms with van der Waals surface area (Å²) < 4.78 is 18.2. The van der Waals surface area contributed by atoms with Crippen LogP contribution in [0.1, 0.15) is 57.3 Å². The minimum Gasteiger partial charge on any atom is -0.491 e. The molecule has 1 aliphatic carbocycles. The average Bonchev–Trinajstić information content (AvgIpc) is 3.73. The van der Waals surface area contributed by atoms with Gasteiger partial charge in [-0.25, -0.2) is 0 Å². The van der Waals surface area contributed by atoms with E-state index in [0.717, 1.165) is 54.3 Å². The number of carbonyl (C=O) groups excluding carboxylic acids is 1. The number of hydrogen-bond donors (Lipinski definition) is 3. The third kappa shape index (κ3) is 7.21. The SMILES string of the molecule is CC[C@@H](COc1ccc(C(=S)NO)cc1)NC(=O)/C=C(\C)c1cc2cc(OC3CCN(C4CC4)CC3)ccc2o1. The lowest BCUT2D eigenvalue weighted by molar-refractivity contribution is -0.117. The third-order valence-corrected chi connectivity index (χ3v) is 7.90. The summed E-state index contributed by atoms with van der Waals surface area (Å²) in [5, 5.41) is 12.9. The normalized spacial score (nSPS) is 17.4. The highest BCUT2D eigenvalue weighted by Gasteiger charge is 2.32. The van der Waals surface area contributed by atoms with Gasteiger partial charge in [-0.3, -0.25) is 15.5 Å². The Hall–Kier alpha value is -3.40. The summed E-state index contributed by atoms with van der Waals surface area (Å²) in [5.74, 6) is 1.96. The summed E-state index contributed by atoms with van der Waals surface area (Å²) in [7, 11) is 0. The van der Waals surface area contributed by atoms with Gasteiger partial charge in [0.2, 0.25) is 5.91 Å². The second kappa shape index (κ2) is 12.8. The van der Waals surface area contributed by atoms with Crippen molar-refractivity contribution in [3.05, 3.63) is 65.9 Å². The Morgan fingerprint density at radius 3 is 2.52 bits per heavy atom. The second-order valence-corrected chi connectivity index (χ2v) is 11.0. The standard InChI is InChI=1S/C31H37N3O5S/c1-3-23(19-37-25-8-4-21(5-9-25)31(40)33-36)32-30(35)16-20(2)29-18-22-17-27(10-11-28(22)39-29)38-26-12-14-34(15-13-26)24-6-7-24/h4-5,8-11,16-18,23-24,26,36H,3,6-7,12-15,19H2,1-2H3,(H,32,35)(H,33,40)/b20-16+/t23-/m0/s1. The molecule has 8 nitrogen and oxygen atoms in total. The minimum atomic E-state index is -0.204. The van der Waals surface area contributed by atoms with E-state index in [0.29, 0.717) is 30.1 Å². The number of carbonyl (C=O) groups is 1. The van der Waals surface area contributed by atoms with Crippen LogP contribution >= 0.6 is 12.2 Å². The Balaban J connectivity index is 1.14. The number of piperidine rings is 1. The molecular weight excluding hydrogens is 526 g/mol. The van der Waals surface area contributed by atoms with Crippen LogP contribution in [0, 0.1) is 0 Å². The van der Waals surface area contributed by atoms with Gasteiger partial charge in [0.15, 0.2) is 0 Å². The van der Waals surface area contributed by atoms with E-state index in [2.05, 4.69) is 10.2 Å². The first-order valence-corrected chi connectivity index (χ1v) is 14.4. The maximum Gasteiger partial charge on any atom is 0.244 e. The molecule has 5 rings (SSSR count). The number of thiocarbonyl (C=S) groups is 1. The lowest BCUT2D eigenvalue weighted by atomic mass is 10.1. The molecule has 1 aromatic heterocycles. The summed E-state index contributed by atoms with van der Waals surface area (Å²) in [5.41, 5.74) is 4.15. The Bertz CT molecular complexity index is 1360. The topological polar surface area (TPSA) is 96.2 Å². The molecule has 1 aliphatic heterocycles. The number of fused-ring (bicyclic) bond motifs is 1. The molecule has 1 atom stereocenters. The number of nitrogens with zero attached hydrogens (tertiary/aromatic N) is 1. The monoisotopic (exact) mass is 563 g/mol. The van der Waals surface area contributed by atoms with Gasteiger partial charge < -0.3 is 24.1 Å². The quantitative estimate of drug-likeness (QED) is 0.161. The van der Waals surface area contributed by atoms with Crippen LogP contribution in [0.3, 0.4) is 0 Å². The lowest BCUT2D eigenvalue weighted by Gasteiger charge is -2.32. The van der Waals surface area contributed by atoms with Gasteiger partial charge >= 0.3 is 0 Å². The van der Waals surface area contributed by atoms with Crippen molar-refractivity contribution in [2.24, 2.45) is 0 Å². The van der Waals surface area contributed by atoms with Gasteiger partial charge in [-0.05, 0) is 93.1 Å². The van der Waals surface area contributed by atoms with Crippen LogP contribution in [-0.2, 0) is 4.79 Å². The van der Waals surface area contributed by atoms with E-state index < -0.39 is 0 Å². The summed E-state index contributed by atoms with van der Waals surface area (Å²) in [4.78, 5) is 15.6. The Morgan fingerprint density at radius 2 is 1.85 bits per heavy atom. The van der Waals surface area contributed by atoms with Crippen molar-refractivity contribution in [1.82, 2.24) is 15.7 Å². The Labute approximate surface area is 240 Å². The third-order valence-electron chi connectivity index (χ3n) is 7.58. The fraction of sp³-hybridized carbons (Fsp3) is 0.419. The number of ether oxygens (including phenoxy) is 2. The van der Waals surface area contributed by atoms with E-state index in [9.17, 15) is 4.79 Å². The highest BCUT2D eigenvalue weighted by Crippen LogP contribution is 2.32. The van der Waals surface area contributed by atoms with Gasteiger partial charge in [-0.2, -0.15) is 0 Å². The van der Waals surface area contributed by atoms with Crippen molar-refractivity contribution in [2.75, 3.05) is 19.7 Å². The molecule has 40 heavy (non-hydrogen) atoms. The highest BCUT2D eigenvalue weighted by atomic mass is 32.1. The number of furan rings is 1. The molecule has 1 amide bonds. The molecule has 0 bridgehead atoms. The number of allylic oxidation sites excluding steroid dienone is 1. The second-order valence-electron chi connectivity index (χ2n) is 10.6. The van der Waals surface area contributed by atoms with E-state index in [1.165, 1.54) is 12.8 Å². The molecule has 2 fully saturated rings. The number of nitrogens with one attached hydrogen (secondary N) is 2. The molecule has 0 spiro atoms. The number of rotatable bonds is 11. The van der Waals surface area contributed by atoms with E-state index in [4.69, 9.17) is 31.3 Å². The fourth-order valence-electron chi connectivity index (χ4n) is 5.02. The zero-order chi connectivity index (χ0) is 28.1. The number of amides is 1. The number of likely N-dealkylation sites (tertiary alicyclic amines) is 1. The van der Waals surface area contributed by atoms with Crippen LogP contribution in [-0.4, -0.2) is 58.9 Å². The maximum absolute atomic E-state index is 12.8.